The maximum atomic E-state index is 8.64. The van der Waals surface area contributed by atoms with Crippen LogP contribution < -0.4 is 0 Å². The van der Waals surface area contributed by atoms with Crippen molar-refractivity contribution in [3.05, 3.63) is 34.9 Å². The Bertz CT molecular complexity index is 363. The van der Waals surface area contributed by atoms with Gasteiger partial charge in [-0.15, -0.1) is 0 Å². The summed E-state index contributed by atoms with van der Waals surface area (Å²) in [5, 5.41) is 8.64. The van der Waals surface area contributed by atoms with Crippen molar-refractivity contribution in [2.24, 2.45) is 0 Å². The van der Waals surface area contributed by atoms with Gasteiger partial charge in [0.2, 0.25) is 0 Å². The Hall–Kier alpha value is -1.29. The molecule has 0 aromatic heterocycles. The Labute approximate surface area is 91.8 Å². The molecule has 0 aliphatic heterocycles. The Morgan fingerprint density at radius 3 is 2.67 bits per heavy atom. The Morgan fingerprint density at radius 1 is 1.07 bits per heavy atom. The Kier molecular flexibility index (Phi) is 3.40. The third kappa shape index (κ3) is 2.59. The molecule has 0 atom stereocenters. The van der Waals surface area contributed by atoms with Crippen LogP contribution in [0.5, 0.6) is 0 Å². The Morgan fingerprint density at radius 2 is 1.93 bits per heavy atom. The third-order valence-electron chi connectivity index (χ3n) is 3.22. The zero-order valence-corrected chi connectivity index (χ0v) is 9.13. The highest BCUT2D eigenvalue weighted by molar-refractivity contribution is 5.41. The molecule has 0 heterocycles. The summed E-state index contributed by atoms with van der Waals surface area (Å²) in [5.74, 6) is 0. The van der Waals surface area contributed by atoms with Crippen molar-refractivity contribution in [3.8, 4) is 6.07 Å². The van der Waals surface area contributed by atoms with E-state index in [4.69, 9.17) is 5.26 Å². The van der Waals surface area contributed by atoms with Crippen LogP contribution in [0.4, 0.5) is 0 Å². The van der Waals surface area contributed by atoms with Crippen LogP contribution in [0.3, 0.4) is 0 Å². The maximum absolute atomic E-state index is 8.64. The highest BCUT2D eigenvalue weighted by Crippen LogP contribution is 2.32. The average molecular weight is 199 g/mol. The largest absolute Gasteiger partial charge is 0.193 e. The molecule has 2 rings (SSSR count). The molecule has 0 fully saturated rings. The van der Waals surface area contributed by atoms with E-state index in [9.17, 15) is 0 Å². The first-order chi connectivity index (χ1) is 7.40. The van der Waals surface area contributed by atoms with Crippen molar-refractivity contribution < 1.29 is 0 Å². The van der Waals surface area contributed by atoms with Crippen LogP contribution in [0.2, 0.25) is 0 Å². The van der Waals surface area contributed by atoms with E-state index in [0.717, 1.165) is 6.42 Å². The molecule has 0 aromatic carbocycles. The van der Waals surface area contributed by atoms with E-state index in [2.05, 4.69) is 18.2 Å². The summed E-state index contributed by atoms with van der Waals surface area (Å²) in [7, 11) is 0. The van der Waals surface area contributed by atoms with Crippen molar-refractivity contribution >= 4 is 0 Å². The van der Waals surface area contributed by atoms with Crippen molar-refractivity contribution in [3.63, 3.8) is 0 Å². The zero-order valence-electron chi connectivity index (χ0n) is 9.13. The molecule has 1 heteroatoms. The van der Waals surface area contributed by atoms with Gasteiger partial charge in [-0.05, 0) is 61.7 Å². The number of allylic oxidation sites excluding steroid dienone is 6. The van der Waals surface area contributed by atoms with E-state index >= 15 is 0 Å². The van der Waals surface area contributed by atoms with Crippen LogP contribution in [0, 0.1) is 11.3 Å². The topological polar surface area (TPSA) is 23.8 Å². The molecular formula is C14H17N. The normalized spacial score (nSPS) is 24.3. The fourth-order valence-corrected chi connectivity index (χ4v) is 2.43. The Balaban J connectivity index is 2.18. The maximum Gasteiger partial charge on any atom is 0.0914 e. The molecule has 1 nitrogen and oxygen atoms in total. The standard InChI is InChI=1S/C14H17N/c15-10-9-12-5-4-8-14(11-12)13-6-2-1-3-7-13/h6,9,11H,1-5,7-8H2/b12-9+. The van der Waals surface area contributed by atoms with Gasteiger partial charge >= 0.3 is 0 Å². The van der Waals surface area contributed by atoms with Gasteiger partial charge in [0.15, 0.2) is 0 Å². The van der Waals surface area contributed by atoms with Gasteiger partial charge in [-0.3, -0.25) is 0 Å². The average Bonchev–Trinajstić information content (AvgIpc) is 2.31. The van der Waals surface area contributed by atoms with E-state index in [1.54, 1.807) is 11.6 Å². The lowest BCUT2D eigenvalue weighted by molar-refractivity contribution is 0.687. The molecule has 2 aliphatic carbocycles. The van der Waals surface area contributed by atoms with E-state index in [-0.39, 0.29) is 0 Å². The molecule has 0 aromatic rings. The number of nitriles is 1. The molecule has 0 bridgehead atoms. The van der Waals surface area contributed by atoms with Crippen molar-refractivity contribution in [1.82, 2.24) is 0 Å². The van der Waals surface area contributed by atoms with Gasteiger partial charge in [-0.1, -0.05) is 12.2 Å². The highest BCUT2D eigenvalue weighted by atomic mass is 14.2. The molecule has 2 aliphatic rings. The first-order valence-corrected chi connectivity index (χ1v) is 5.89. The van der Waals surface area contributed by atoms with Gasteiger partial charge in [-0.25, -0.2) is 0 Å². The highest BCUT2D eigenvalue weighted by Gasteiger charge is 2.13. The number of hydrogen-bond acceptors (Lipinski definition) is 1. The van der Waals surface area contributed by atoms with Crippen LogP contribution in [0.25, 0.3) is 0 Å². The minimum Gasteiger partial charge on any atom is -0.193 e. The second-order valence-corrected chi connectivity index (χ2v) is 4.35. The SMILES string of the molecule is N#C/C=C1/C=C(C2=CCCCC2)CCC1. The lowest BCUT2D eigenvalue weighted by Gasteiger charge is -2.20. The fraction of sp³-hybridized carbons (Fsp3) is 0.500. The minimum atomic E-state index is 1.07. The van der Waals surface area contributed by atoms with Crippen LogP contribution in [-0.2, 0) is 0 Å². The lowest BCUT2D eigenvalue weighted by atomic mass is 9.85. The van der Waals surface area contributed by atoms with Gasteiger partial charge in [0.25, 0.3) is 0 Å². The summed E-state index contributed by atoms with van der Waals surface area (Å²) < 4.78 is 0. The molecule has 0 saturated carbocycles. The van der Waals surface area contributed by atoms with Crippen molar-refractivity contribution in [2.75, 3.05) is 0 Å². The minimum absolute atomic E-state index is 1.07. The van der Waals surface area contributed by atoms with E-state index in [0.29, 0.717) is 0 Å². The molecule has 0 amide bonds. The van der Waals surface area contributed by atoms with Gasteiger partial charge < -0.3 is 0 Å². The molecule has 0 N–H and O–H groups in total. The summed E-state index contributed by atoms with van der Waals surface area (Å²) in [6, 6.07) is 2.13. The summed E-state index contributed by atoms with van der Waals surface area (Å²) in [5.41, 5.74) is 4.25. The van der Waals surface area contributed by atoms with E-state index < -0.39 is 0 Å². The fourth-order valence-electron chi connectivity index (χ4n) is 2.43. The molecular weight excluding hydrogens is 182 g/mol. The van der Waals surface area contributed by atoms with Crippen LogP contribution in [-0.4, -0.2) is 0 Å². The second kappa shape index (κ2) is 4.98. The molecule has 0 saturated heterocycles. The summed E-state index contributed by atoms with van der Waals surface area (Å²) in [6.45, 7) is 0. The molecule has 15 heavy (non-hydrogen) atoms. The van der Waals surface area contributed by atoms with E-state index in [1.165, 1.54) is 49.7 Å². The predicted molar refractivity (Wildman–Crippen MR) is 62.2 cm³/mol. The first kappa shape index (κ1) is 10.2. The van der Waals surface area contributed by atoms with Crippen molar-refractivity contribution in [1.29, 1.82) is 5.26 Å². The van der Waals surface area contributed by atoms with Gasteiger partial charge in [0.1, 0.15) is 0 Å². The number of hydrogen-bond donors (Lipinski definition) is 0. The molecule has 0 radical (unpaired) electrons. The predicted octanol–water partition coefficient (Wildman–Crippen LogP) is 4.05. The summed E-state index contributed by atoms with van der Waals surface area (Å²) >= 11 is 0. The van der Waals surface area contributed by atoms with Crippen molar-refractivity contribution in [2.45, 2.75) is 44.9 Å². The molecule has 0 spiro atoms. The van der Waals surface area contributed by atoms with E-state index in [1.807, 2.05) is 0 Å². The third-order valence-corrected chi connectivity index (χ3v) is 3.22. The quantitative estimate of drug-likeness (QED) is 0.584. The summed E-state index contributed by atoms with van der Waals surface area (Å²) in [6.07, 6.45) is 15.0. The monoisotopic (exact) mass is 199 g/mol. The summed E-state index contributed by atoms with van der Waals surface area (Å²) in [4.78, 5) is 0. The second-order valence-electron chi connectivity index (χ2n) is 4.35. The van der Waals surface area contributed by atoms with Gasteiger partial charge in [0, 0.05) is 6.08 Å². The van der Waals surface area contributed by atoms with Gasteiger partial charge in [0.05, 0.1) is 6.07 Å². The van der Waals surface area contributed by atoms with Gasteiger partial charge in [-0.2, -0.15) is 5.26 Å². The number of rotatable bonds is 1. The lowest BCUT2D eigenvalue weighted by Crippen LogP contribution is -2.01. The number of nitrogens with zero attached hydrogens (tertiary/aromatic N) is 1. The molecule has 0 unspecified atom stereocenters. The smallest absolute Gasteiger partial charge is 0.0914 e. The zero-order chi connectivity index (χ0) is 10.5. The van der Waals surface area contributed by atoms with Crippen LogP contribution >= 0.6 is 0 Å². The molecule has 78 valence electrons. The van der Waals surface area contributed by atoms with Crippen LogP contribution in [0.1, 0.15) is 44.9 Å². The first-order valence-electron chi connectivity index (χ1n) is 5.89. The van der Waals surface area contributed by atoms with Crippen LogP contribution in [0.15, 0.2) is 34.9 Å².